The lowest BCUT2D eigenvalue weighted by molar-refractivity contribution is -0.0823. The number of nitrogens with zero attached hydrogens (tertiary/aromatic N) is 1. The molecule has 3 N–H and O–H groups in total. The van der Waals surface area contributed by atoms with Gasteiger partial charge in [-0.3, -0.25) is 4.99 Å². The van der Waals surface area contributed by atoms with Gasteiger partial charge in [0.05, 0.1) is 19.3 Å². The molecule has 2 atom stereocenters. The van der Waals surface area contributed by atoms with Crippen molar-refractivity contribution in [1.82, 2.24) is 0 Å². The third-order valence-corrected chi connectivity index (χ3v) is 4.81. The van der Waals surface area contributed by atoms with Gasteiger partial charge >= 0.3 is 0 Å². The molecule has 1 aromatic carbocycles. The van der Waals surface area contributed by atoms with Gasteiger partial charge in [-0.05, 0) is 30.4 Å². The molecule has 0 spiro atoms. The highest BCUT2D eigenvalue weighted by molar-refractivity contribution is 14.0. The van der Waals surface area contributed by atoms with Gasteiger partial charge in [0, 0.05) is 37.2 Å². The lowest BCUT2D eigenvalue weighted by atomic mass is 9.78. The molecule has 0 amide bonds. The van der Waals surface area contributed by atoms with E-state index in [9.17, 15) is 0 Å². The van der Waals surface area contributed by atoms with Crippen molar-refractivity contribution < 1.29 is 14.2 Å². The second-order valence-electron chi connectivity index (χ2n) is 8.12. The third kappa shape index (κ3) is 6.14. The molecule has 0 aliphatic carbocycles. The first-order chi connectivity index (χ1) is 12.4. The Kier molecular flexibility index (Phi) is 8.03. The Labute approximate surface area is 179 Å². The van der Waals surface area contributed by atoms with E-state index in [0.717, 1.165) is 43.1 Å². The summed E-state index contributed by atoms with van der Waals surface area (Å²) in [6, 6.07) is 5.74. The number of nitrogens with one attached hydrogen (secondary N) is 1. The van der Waals surface area contributed by atoms with E-state index in [0.29, 0.717) is 31.6 Å². The molecule has 1 aromatic rings. The largest absolute Gasteiger partial charge is 0.490 e. The van der Waals surface area contributed by atoms with E-state index in [4.69, 9.17) is 19.9 Å². The first kappa shape index (κ1) is 22.1. The fourth-order valence-corrected chi connectivity index (χ4v) is 3.63. The van der Waals surface area contributed by atoms with Crippen molar-refractivity contribution >= 4 is 35.6 Å². The smallest absolute Gasteiger partial charge is 0.193 e. The molecule has 3 rings (SSSR count). The minimum absolute atomic E-state index is 0. The Morgan fingerprint density at radius 1 is 1.15 bits per heavy atom. The van der Waals surface area contributed by atoms with Crippen molar-refractivity contribution in [2.45, 2.75) is 46.1 Å². The van der Waals surface area contributed by atoms with Crippen LogP contribution in [-0.4, -0.2) is 38.4 Å². The summed E-state index contributed by atoms with van der Waals surface area (Å²) in [5.74, 6) is 2.33. The van der Waals surface area contributed by atoms with Gasteiger partial charge in [0.2, 0.25) is 0 Å². The summed E-state index contributed by atoms with van der Waals surface area (Å²) >= 11 is 0. The van der Waals surface area contributed by atoms with E-state index < -0.39 is 0 Å². The van der Waals surface area contributed by atoms with Crippen LogP contribution < -0.4 is 20.5 Å². The molecular weight excluding hydrogens is 457 g/mol. The third-order valence-electron chi connectivity index (χ3n) is 4.81. The van der Waals surface area contributed by atoms with E-state index >= 15 is 0 Å². The molecule has 2 aliphatic heterocycles. The SMILES string of the molecule is CC(C)(C)C1OCCCC1CN=C(N)Nc1ccc2c(c1)OCCCO2.I. The first-order valence-corrected chi connectivity index (χ1v) is 9.52. The lowest BCUT2D eigenvalue weighted by Gasteiger charge is -2.39. The maximum atomic E-state index is 6.11. The molecule has 2 heterocycles. The van der Waals surface area contributed by atoms with Crippen LogP contribution in [0.15, 0.2) is 23.2 Å². The van der Waals surface area contributed by atoms with Gasteiger partial charge in [0.25, 0.3) is 0 Å². The Morgan fingerprint density at radius 2 is 1.89 bits per heavy atom. The zero-order valence-corrected chi connectivity index (χ0v) is 18.8. The summed E-state index contributed by atoms with van der Waals surface area (Å²) in [6.45, 7) is 9.52. The number of aliphatic imine (C=N–C) groups is 1. The minimum atomic E-state index is 0. The van der Waals surface area contributed by atoms with Gasteiger partial charge < -0.3 is 25.3 Å². The highest BCUT2D eigenvalue weighted by Gasteiger charge is 2.35. The predicted octanol–water partition coefficient (Wildman–Crippen LogP) is 4.03. The van der Waals surface area contributed by atoms with Gasteiger partial charge in [0.1, 0.15) is 0 Å². The fourth-order valence-electron chi connectivity index (χ4n) is 3.63. The average molecular weight is 489 g/mol. The molecule has 1 saturated heterocycles. The molecule has 1 fully saturated rings. The average Bonchev–Trinajstić information content (AvgIpc) is 2.84. The highest BCUT2D eigenvalue weighted by Crippen LogP contribution is 2.34. The molecule has 152 valence electrons. The molecule has 6 nitrogen and oxygen atoms in total. The number of benzene rings is 1. The van der Waals surface area contributed by atoms with Gasteiger partial charge in [-0.1, -0.05) is 20.8 Å². The van der Waals surface area contributed by atoms with Crippen LogP contribution in [0, 0.1) is 11.3 Å². The predicted molar refractivity (Wildman–Crippen MR) is 119 cm³/mol. The topological polar surface area (TPSA) is 78.1 Å². The molecule has 2 aliphatic rings. The summed E-state index contributed by atoms with van der Waals surface area (Å²) in [4.78, 5) is 4.57. The van der Waals surface area contributed by atoms with E-state index in [1.54, 1.807) is 0 Å². The van der Waals surface area contributed by atoms with Crippen LogP contribution >= 0.6 is 24.0 Å². The summed E-state index contributed by atoms with van der Waals surface area (Å²) in [5.41, 5.74) is 7.07. The molecule has 27 heavy (non-hydrogen) atoms. The van der Waals surface area contributed by atoms with Gasteiger partial charge in [-0.15, -0.1) is 24.0 Å². The maximum absolute atomic E-state index is 6.11. The highest BCUT2D eigenvalue weighted by atomic mass is 127. The second kappa shape index (κ2) is 9.82. The van der Waals surface area contributed by atoms with E-state index in [1.807, 2.05) is 18.2 Å². The Balaban J connectivity index is 0.00000261. The van der Waals surface area contributed by atoms with Crippen molar-refractivity contribution in [2.24, 2.45) is 22.1 Å². The number of fused-ring (bicyclic) bond motifs is 1. The van der Waals surface area contributed by atoms with Gasteiger partial charge in [-0.2, -0.15) is 0 Å². The number of rotatable bonds is 3. The number of hydrogen-bond donors (Lipinski definition) is 2. The number of nitrogens with two attached hydrogens (primary N) is 1. The number of hydrogen-bond acceptors (Lipinski definition) is 4. The summed E-state index contributed by atoms with van der Waals surface area (Å²) in [5, 5.41) is 3.16. The molecule has 0 radical (unpaired) electrons. The summed E-state index contributed by atoms with van der Waals surface area (Å²) < 4.78 is 17.4. The van der Waals surface area contributed by atoms with Crippen molar-refractivity contribution in [3.63, 3.8) is 0 Å². The van der Waals surface area contributed by atoms with E-state index in [-0.39, 0.29) is 35.5 Å². The number of guanidine groups is 1. The Hall–Kier alpha value is -1.22. The minimum Gasteiger partial charge on any atom is -0.490 e. The second-order valence-corrected chi connectivity index (χ2v) is 8.12. The van der Waals surface area contributed by atoms with Crippen LogP contribution in [0.4, 0.5) is 5.69 Å². The van der Waals surface area contributed by atoms with Crippen molar-refractivity contribution in [3.05, 3.63) is 18.2 Å². The molecular formula is C20H32IN3O3. The van der Waals surface area contributed by atoms with Crippen LogP contribution in [0.3, 0.4) is 0 Å². The van der Waals surface area contributed by atoms with Crippen molar-refractivity contribution in [1.29, 1.82) is 0 Å². The molecule has 0 saturated carbocycles. The number of ether oxygens (including phenoxy) is 3. The molecule has 7 heteroatoms. The van der Waals surface area contributed by atoms with Gasteiger partial charge in [0.15, 0.2) is 17.5 Å². The molecule has 2 unspecified atom stereocenters. The van der Waals surface area contributed by atoms with Crippen LogP contribution in [0.2, 0.25) is 0 Å². The van der Waals surface area contributed by atoms with Crippen LogP contribution in [-0.2, 0) is 4.74 Å². The summed E-state index contributed by atoms with van der Waals surface area (Å²) in [6.07, 6.45) is 3.32. The zero-order chi connectivity index (χ0) is 18.6. The molecule has 0 bridgehead atoms. The van der Waals surface area contributed by atoms with Crippen molar-refractivity contribution in [3.8, 4) is 11.5 Å². The van der Waals surface area contributed by atoms with Crippen LogP contribution in [0.25, 0.3) is 0 Å². The monoisotopic (exact) mass is 489 g/mol. The van der Waals surface area contributed by atoms with E-state index in [2.05, 4.69) is 31.1 Å². The summed E-state index contributed by atoms with van der Waals surface area (Å²) in [7, 11) is 0. The Bertz CT molecular complexity index is 646. The van der Waals surface area contributed by atoms with E-state index in [1.165, 1.54) is 0 Å². The number of anilines is 1. The van der Waals surface area contributed by atoms with Crippen LogP contribution in [0.5, 0.6) is 11.5 Å². The number of halogens is 1. The first-order valence-electron chi connectivity index (χ1n) is 9.52. The quantitative estimate of drug-likeness (QED) is 0.381. The Morgan fingerprint density at radius 3 is 2.63 bits per heavy atom. The lowest BCUT2D eigenvalue weighted by Crippen LogP contribution is -2.41. The normalized spacial score (nSPS) is 23.1. The maximum Gasteiger partial charge on any atom is 0.193 e. The van der Waals surface area contributed by atoms with Gasteiger partial charge in [-0.25, -0.2) is 0 Å². The van der Waals surface area contributed by atoms with Crippen LogP contribution in [0.1, 0.15) is 40.0 Å². The zero-order valence-electron chi connectivity index (χ0n) is 16.5. The fraction of sp³-hybridized carbons (Fsp3) is 0.650. The molecule has 0 aromatic heterocycles. The van der Waals surface area contributed by atoms with Crippen molar-refractivity contribution in [2.75, 3.05) is 31.7 Å². The standard InChI is InChI=1S/C20H31N3O3.HI/c1-20(2,3)18-14(6-4-9-26-18)13-22-19(21)23-15-7-8-16-17(12-15)25-11-5-10-24-16;/h7-8,12,14,18H,4-6,9-11,13H2,1-3H3,(H3,21,22,23);1H.